The van der Waals surface area contributed by atoms with E-state index in [2.05, 4.69) is 0 Å². The minimum atomic E-state index is -2.84. The van der Waals surface area contributed by atoms with E-state index in [-0.39, 0.29) is 25.7 Å². The zero-order valence-corrected chi connectivity index (χ0v) is 18.6. The van der Waals surface area contributed by atoms with Gasteiger partial charge in [-0.15, -0.1) is 0 Å². The first-order valence-corrected chi connectivity index (χ1v) is 10.6. The Kier molecular flexibility index (Phi) is 9.72. The van der Waals surface area contributed by atoms with Crippen LogP contribution in [0, 0.1) is 0 Å². The molecule has 9 heteroatoms. The van der Waals surface area contributed by atoms with Gasteiger partial charge in [-0.1, -0.05) is 54.4 Å². The average molecular weight is 427 g/mol. The summed E-state index contributed by atoms with van der Waals surface area (Å²) in [5.74, 6) is -11.4. The fourth-order valence-corrected chi connectivity index (χ4v) is 4.01. The van der Waals surface area contributed by atoms with Crippen molar-refractivity contribution in [2.45, 2.75) is 127 Å². The van der Waals surface area contributed by atoms with Gasteiger partial charge in [0.2, 0.25) is 0 Å². The second-order valence-corrected chi connectivity index (χ2v) is 7.94. The summed E-state index contributed by atoms with van der Waals surface area (Å²) in [6.07, 6.45) is -1.85. The first-order chi connectivity index (χ1) is 13.1. The third-order valence-corrected chi connectivity index (χ3v) is 6.11. The van der Waals surface area contributed by atoms with Gasteiger partial charge in [-0.05, 0) is 12.8 Å². The predicted octanol–water partition coefficient (Wildman–Crippen LogP) is 0.444. The quantitative estimate of drug-likeness (QED) is 0.184. The molecule has 0 spiro atoms. The van der Waals surface area contributed by atoms with Crippen molar-refractivity contribution in [1.82, 2.24) is 0 Å². The molecule has 0 amide bonds. The van der Waals surface area contributed by atoms with Crippen LogP contribution in [0.5, 0.6) is 0 Å². The van der Waals surface area contributed by atoms with Gasteiger partial charge < -0.3 is 45.6 Å². The van der Waals surface area contributed by atoms with Gasteiger partial charge in [-0.25, -0.2) is 0 Å². The summed E-state index contributed by atoms with van der Waals surface area (Å²) in [6.45, 7) is 8.84. The standard InChI is InChI=1S/C20H42O9/c1-7-13-15(17(21,22)9-3,18(23,24)10-4)29-16(14-8-2,19(25,26)11-5)20(27,28)12-6/h21-28H,7-14H2,1-6H3. The van der Waals surface area contributed by atoms with Crippen LogP contribution in [0.3, 0.4) is 0 Å². The van der Waals surface area contributed by atoms with Gasteiger partial charge in [-0.2, -0.15) is 0 Å². The van der Waals surface area contributed by atoms with Crippen molar-refractivity contribution in [2.75, 3.05) is 0 Å². The lowest BCUT2D eigenvalue weighted by Gasteiger charge is -2.59. The van der Waals surface area contributed by atoms with Crippen LogP contribution >= 0.6 is 0 Å². The van der Waals surface area contributed by atoms with Gasteiger partial charge in [0.15, 0.2) is 34.4 Å². The van der Waals surface area contributed by atoms with Gasteiger partial charge >= 0.3 is 0 Å². The normalized spacial score (nSPS) is 15.1. The average Bonchev–Trinajstić information content (AvgIpc) is 2.66. The van der Waals surface area contributed by atoms with E-state index in [1.165, 1.54) is 27.7 Å². The fourth-order valence-electron chi connectivity index (χ4n) is 4.01. The summed E-state index contributed by atoms with van der Waals surface area (Å²) >= 11 is 0. The molecule has 0 saturated carbocycles. The van der Waals surface area contributed by atoms with E-state index < -0.39 is 60.0 Å². The van der Waals surface area contributed by atoms with Gasteiger partial charge in [0.05, 0.1) is 0 Å². The number of ether oxygens (including phenoxy) is 1. The van der Waals surface area contributed by atoms with E-state index in [9.17, 15) is 40.9 Å². The SMILES string of the molecule is CCCC(OC(CCC)(C(O)(O)CC)C(O)(O)CC)(C(O)(O)CC)C(O)(O)CC. The third kappa shape index (κ3) is 4.78. The molecule has 0 saturated heterocycles. The Bertz CT molecular complexity index is 424. The van der Waals surface area contributed by atoms with Crippen molar-refractivity contribution in [3.05, 3.63) is 0 Å². The second kappa shape index (κ2) is 9.84. The molecule has 0 aromatic heterocycles. The molecule has 0 aromatic carbocycles. The number of hydrogen-bond acceptors (Lipinski definition) is 9. The van der Waals surface area contributed by atoms with Gasteiger partial charge in [0.25, 0.3) is 0 Å². The Morgan fingerprint density at radius 1 is 0.448 bits per heavy atom. The summed E-state index contributed by atoms with van der Waals surface area (Å²) in [4.78, 5) is 0. The highest BCUT2D eigenvalue weighted by molar-refractivity contribution is 5.11. The van der Waals surface area contributed by atoms with Crippen LogP contribution < -0.4 is 0 Å². The zero-order chi connectivity index (χ0) is 23.4. The lowest BCUT2D eigenvalue weighted by atomic mass is 9.72. The summed E-state index contributed by atoms with van der Waals surface area (Å²) in [7, 11) is 0. The van der Waals surface area contributed by atoms with E-state index >= 15 is 0 Å². The van der Waals surface area contributed by atoms with E-state index in [1.54, 1.807) is 13.8 Å². The largest absolute Gasteiger partial charge is 0.363 e. The molecule has 0 unspecified atom stereocenters. The maximum atomic E-state index is 10.8. The molecule has 0 radical (unpaired) electrons. The Balaban J connectivity index is 7.23. The van der Waals surface area contributed by atoms with Crippen molar-refractivity contribution in [2.24, 2.45) is 0 Å². The van der Waals surface area contributed by atoms with Crippen LogP contribution in [0.15, 0.2) is 0 Å². The smallest absolute Gasteiger partial charge is 0.197 e. The molecule has 0 aliphatic heterocycles. The van der Waals surface area contributed by atoms with Crippen LogP contribution in [0.2, 0.25) is 0 Å². The fraction of sp³-hybridized carbons (Fsp3) is 1.00. The van der Waals surface area contributed by atoms with E-state index in [0.717, 1.165) is 0 Å². The van der Waals surface area contributed by atoms with Crippen LogP contribution in [-0.2, 0) is 4.74 Å². The van der Waals surface area contributed by atoms with Crippen LogP contribution in [0.1, 0.15) is 92.9 Å². The lowest BCUT2D eigenvalue weighted by Crippen LogP contribution is -2.78. The first kappa shape index (κ1) is 28.6. The third-order valence-electron chi connectivity index (χ3n) is 6.11. The lowest BCUT2D eigenvalue weighted by molar-refractivity contribution is -0.476. The Morgan fingerprint density at radius 3 is 0.793 bits per heavy atom. The molecule has 0 atom stereocenters. The molecule has 0 aromatic rings. The van der Waals surface area contributed by atoms with Gasteiger partial charge in [0, 0.05) is 25.7 Å². The first-order valence-electron chi connectivity index (χ1n) is 10.6. The number of hydrogen-bond donors (Lipinski definition) is 8. The molecule has 8 N–H and O–H groups in total. The molecule has 0 aliphatic rings. The molecule has 0 heterocycles. The van der Waals surface area contributed by atoms with Crippen LogP contribution in [-0.4, -0.2) is 75.2 Å². The van der Waals surface area contributed by atoms with Crippen LogP contribution in [0.25, 0.3) is 0 Å². The topological polar surface area (TPSA) is 171 Å². The highest BCUT2D eigenvalue weighted by Crippen LogP contribution is 2.51. The highest BCUT2D eigenvalue weighted by atomic mass is 16.7. The van der Waals surface area contributed by atoms with E-state index in [0.29, 0.717) is 0 Å². The molecule has 176 valence electrons. The van der Waals surface area contributed by atoms with Crippen molar-refractivity contribution in [3.8, 4) is 0 Å². The summed E-state index contributed by atoms with van der Waals surface area (Å²) in [6, 6.07) is 0. The summed E-state index contributed by atoms with van der Waals surface area (Å²) in [5.41, 5.74) is -5.16. The maximum absolute atomic E-state index is 10.8. The second-order valence-electron chi connectivity index (χ2n) is 7.94. The minimum absolute atomic E-state index is 0.194. The Labute approximate surface area is 173 Å². The molecule has 29 heavy (non-hydrogen) atoms. The predicted molar refractivity (Wildman–Crippen MR) is 106 cm³/mol. The minimum Gasteiger partial charge on any atom is -0.363 e. The van der Waals surface area contributed by atoms with Crippen molar-refractivity contribution in [1.29, 1.82) is 0 Å². The summed E-state index contributed by atoms with van der Waals surface area (Å²) in [5, 5.41) is 86.6. The monoisotopic (exact) mass is 426 g/mol. The van der Waals surface area contributed by atoms with E-state index in [4.69, 9.17) is 4.74 Å². The molecule has 0 aliphatic carbocycles. The van der Waals surface area contributed by atoms with Crippen molar-refractivity contribution >= 4 is 0 Å². The number of rotatable bonds is 14. The van der Waals surface area contributed by atoms with Gasteiger partial charge in [0.1, 0.15) is 0 Å². The van der Waals surface area contributed by atoms with E-state index in [1.807, 2.05) is 0 Å². The zero-order valence-electron chi connectivity index (χ0n) is 18.6. The highest BCUT2D eigenvalue weighted by Gasteiger charge is 2.71. The molecule has 0 rings (SSSR count). The van der Waals surface area contributed by atoms with Crippen LogP contribution in [0.4, 0.5) is 0 Å². The summed E-state index contributed by atoms with van der Waals surface area (Å²) < 4.78 is 5.93. The van der Waals surface area contributed by atoms with Crippen molar-refractivity contribution in [3.63, 3.8) is 0 Å². The maximum Gasteiger partial charge on any atom is 0.197 e. The Morgan fingerprint density at radius 2 is 0.655 bits per heavy atom. The molecule has 0 fully saturated rings. The van der Waals surface area contributed by atoms with Gasteiger partial charge in [-0.3, -0.25) is 0 Å². The molecule has 9 nitrogen and oxygen atoms in total. The Hall–Kier alpha value is -0.360. The number of aliphatic hydroxyl groups is 8. The molecular weight excluding hydrogens is 384 g/mol. The molecule has 0 bridgehead atoms. The molecular formula is C20H42O9. The van der Waals surface area contributed by atoms with Crippen molar-refractivity contribution < 1.29 is 45.6 Å².